The first-order valence-electron chi connectivity index (χ1n) is 7.18. The van der Waals surface area contributed by atoms with Crippen LogP contribution in [-0.2, 0) is 12.1 Å². The Morgan fingerprint density at radius 1 is 1.56 bits per heavy atom. The van der Waals surface area contributed by atoms with Gasteiger partial charge in [0.1, 0.15) is 5.60 Å². The van der Waals surface area contributed by atoms with Crippen LogP contribution in [0.5, 0.6) is 0 Å². The highest BCUT2D eigenvalue weighted by Gasteiger charge is 2.39. The Labute approximate surface area is 109 Å². The van der Waals surface area contributed by atoms with Crippen LogP contribution in [-0.4, -0.2) is 20.1 Å². The maximum absolute atomic E-state index is 11.0. The van der Waals surface area contributed by atoms with Crippen LogP contribution in [0.3, 0.4) is 0 Å². The van der Waals surface area contributed by atoms with E-state index in [2.05, 4.69) is 31.1 Å². The molecule has 0 bridgehead atoms. The second-order valence-corrected chi connectivity index (χ2v) is 5.97. The zero-order valence-electron chi connectivity index (χ0n) is 11.8. The standard InChI is InChI=1S/C14H25N3O/c1-4-8-17-13(10-15-16-17)14(18)7-5-6-12(9-14)11(2)3/h10-12,18H,4-9H2,1-3H3. The summed E-state index contributed by atoms with van der Waals surface area (Å²) in [7, 11) is 0. The fraction of sp³-hybridized carbons (Fsp3) is 0.857. The molecular weight excluding hydrogens is 226 g/mol. The van der Waals surface area contributed by atoms with Crippen LogP contribution >= 0.6 is 0 Å². The summed E-state index contributed by atoms with van der Waals surface area (Å²) in [6.07, 6.45) is 6.78. The van der Waals surface area contributed by atoms with Crippen molar-refractivity contribution in [3.8, 4) is 0 Å². The van der Waals surface area contributed by atoms with Crippen molar-refractivity contribution in [3.63, 3.8) is 0 Å². The highest BCUT2D eigenvalue weighted by molar-refractivity contribution is 5.10. The zero-order chi connectivity index (χ0) is 13.2. The van der Waals surface area contributed by atoms with Crippen LogP contribution in [0.15, 0.2) is 6.20 Å². The summed E-state index contributed by atoms with van der Waals surface area (Å²) in [5, 5.41) is 19.0. The van der Waals surface area contributed by atoms with E-state index in [0.717, 1.165) is 37.9 Å². The minimum Gasteiger partial charge on any atom is -0.383 e. The van der Waals surface area contributed by atoms with Gasteiger partial charge in [0.25, 0.3) is 0 Å². The lowest BCUT2D eigenvalue weighted by Crippen LogP contribution is -2.36. The third-order valence-corrected chi connectivity index (χ3v) is 4.24. The molecule has 1 aromatic heterocycles. The highest BCUT2D eigenvalue weighted by atomic mass is 16.3. The van der Waals surface area contributed by atoms with Crippen molar-refractivity contribution in [2.24, 2.45) is 11.8 Å². The Balaban J connectivity index is 2.21. The molecule has 2 unspecified atom stereocenters. The molecule has 1 fully saturated rings. The van der Waals surface area contributed by atoms with Crippen LogP contribution in [0.25, 0.3) is 0 Å². The number of nitrogens with zero attached hydrogens (tertiary/aromatic N) is 3. The molecule has 4 nitrogen and oxygen atoms in total. The number of rotatable bonds is 4. The van der Waals surface area contributed by atoms with E-state index in [9.17, 15) is 5.11 Å². The highest BCUT2D eigenvalue weighted by Crippen LogP contribution is 2.42. The Morgan fingerprint density at radius 3 is 3.00 bits per heavy atom. The Morgan fingerprint density at radius 2 is 2.33 bits per heavy atom. The second-order valence-electron chi connectivity index (χ2n) is 5.97. The molecule has 1 aliphatic rings. The van der Waals surface area contributed by atoms with E-state index in [4.69, 9.17) is 0 Å². The summed E-state index contributed by atoms with van der Waals surface area (Å²) in [4.78, 5) is 0. The van der Waals surface area contributed by atoms with Gasteiger partial charge in [-0.15, -0.1) is 5.10 Å². The molecule has 1 N–H and O–H groups in total. The maximum Gasteiger partial charge on any atom is 0.108 e. The number of aliphatic hydroxyl groups is 1. The maximum atomic E-state index is 11.0. The molecule has 4 heteroatoms. The molecule has 0 amide bonds. The fourth-order valence-corrected chi connectivity index (χ4v) is 3.09. The quantitative estimate of drug-likeness (QED) is 0.895. The van der Waals surface area contributed by atoms with E-state index in [0.29, 0.717) is 11.8 Å². The molecule has 0 radical (unpaired) electrons. The fourth-order valence-electron chi connectivity index (χ4n) is 3.09. The van der Waals surface area contributed by atoms with Gasteiger partial charge in [-0.25, -0.2) is 4.68 Å². The van der Waals surface area contributed by atoms with Gasteiger partial charge in [0.15, 0.2) is 0 Å². The van der Waals surface area contributed by atoms with Crippen molar-refractivity contribution >= 4 is 0 Å². The Bertz CT molecular complexity index is 388. The number of hydrogen-bond donors (Lipinski definition) is 1. The number of aromatic nitrogens is 3. The van der Waals surface area contributed by atoms with E-state index in [1.165, 1.54) is 6.42 Å². The van der Waals surface area contributed by atoms with Crippen LogP contribution in [0.1, 0.15) is 58.6 Å². The lowest BCUT2D eigenvalue weighted by Gasteiger charge is -2.38. The summed E-state index contributed by atoms with van der Waals surface area (Å²) in [5.41, 5.74) is 0.195. The molecule has 18 heavy (non-hydrogen) atoms. The molecule has 2 rings (SSSR count). The van der Waals surface area contributed by atoms with Crippen molar-refractivity contribution in [2.45, 2.75) is 65.0 Å². The SMILES string of the molecule is CCCn1nncc1C1(O)CCCC(C(C)C)C1. The normalized spacial score (nSPS) is 28.8. The van der Waals surface area contributed by atoms with Crippen LogP contribution in [0, 0.1) is 11.8 Å². The monoisotopic (exact) mass is 251 g/mol. The van der Waals surface area contributed by atoms with Gasteiger partial charge in [0.05, 0.1) is 11.9 Å². The third kappa shape index (κ3) is 2.58. The van der Waals surface area contributed by atoms with E-state index >= 15 is 0 Å². The number of aryl methyl sites for hydroxylation is 1. The summed E-state index contributed by atoms with van der Waals surface area (Å²) in [6, 6.07) is 0. The molecular formula is C14H25N3O. The van der Waals surface area contributed by atoms with Gasteiger partial charge >= 0.3 is 0 Å². The smallest absolute Gasteiger partial charge is 0.108 e. The largest absolute Gasteiger partial charge is 0.383 e. The van der Waals surface area contributed by atoms with Gasteiger partial charge in [-0.2, -0.15) is 0 Å². The second kappa shape index (κ2) is 5.39. The molecule has 1 aromatic rings. The molecule has 1 heterocycles. The lowest BCUT2D eigenvalue weighted by molar-refractivity contribution is -0.0365. The molecule has 2 atom stereocenters. The summed E-state index contributed by atoms with van der Waals surface area (Å²) in [5.74, 6) is 1.24. The van der Waals surface area contributed by atoms with Crippen LogP contribution < -0.4 is 0 Å². The van der Waals surface area contributed by atoms with E-state index in [1.807, 2.05) is 4.68 Å². The van der Waals surface area contributed by atoms with Crippen molar-refractivity contribution < 1.29 is 5.11 Å². The molecule has 0 saturated heterocycles. The van der Waals surface area contributed by atoms with Gasteiger partial charge in [-0.05, 0) is 43.9 Å². The topological polar surface area (TPSA) is 50.9 Å². The van der Waals surface area contributed by atoms with Gasteiger partial charge in [-0.3, -0.25) is 0 Å². The van der Waals surface area contributed by atoms with Crippen LogP contribution in [0.4, 0.5) is 0 Å². The van der Waals surface area contributed by atoms with E-state index < -0.39 is 5.60 Å². The minimum atomic E-state index is -0.716. The van der Waals surface area contributed by atoms with Crippen molar-refractivity contribution in [1.29, 1.82) is 0 Å². The van der Waals surface area contributed by atoms with Crippen molar-refractivity contribution in [3.05, 3.63) is 11.9 Å². The van der Waals surface area contributed by atoms with Crippen molar-refractivity contribution in [2.75, 3.05) is 0 Å². The van der Waals surface area contributed by atoms with E-state index in [1.54, 1.807) is 6.20 Å². The Hall–Kier alpha value is -0.900. The van der Waals surface area contributed by atoms with Gasteiger partial charge < -0.3 is 5.11 Å². The van der Waals surface area contributed by atoms with E-state index in [-0.39, 0.29) is 0 Å². The first kappa shape index (κ1) is 13.5. The minimum absolute atomic E-state index is 0.605. The van der Waals surface area contributed by atoms with Gasteiger partial charge in [0.2, 0.25) is 0 Å². The molecule has 102 valence electrons. The average molecular weight is 251 g/mol. The predicted molar refractivity (Wildman–Crippen MR) is 71.0 cm³/mol. The predicted octanol–water partition coefficient (Wildman–Crippen LogP) is 2.72. The number of hydrogen-bond acceptors (Lipinski definition) is 3. The lowest BCUT2D eigenvalue weighted by atomic mass is 9.72. The molecule has 1 saturated carbocycles. The molecule has 0 aromatic carbocycles. The van der Waals surface area contributed by atoms with Gasteiger partial charge in [-0.1, -0.05) is 26.0 Å². The zero-order valence-corrected chi connectivity index (χ0v) is 11.8. The molecule has 0 aliphatic heterocycles. The first-order valence-corrected chi connectivity index (χ1v) is 7.18. The first-order chi connectivity index (χ1) is 8.57. The molecule has 0 spiro atoms. The summed E-state index contributed by atoms with van der Waals surface area (Å²) < 4.78 is 1.88. The van der Waals surface area contributed by atoms with Crippen LogP contribution in [0.2, 0.25) is 0 Å². The summed E-state index contributed by atoms with van der Waals surface area (Å²) >= 11 is 0. The average Bonchev–Trinajstić information content (AvgIpc) is 2.78. The van der Waals surface area contributed by atoms with Gasteiger partial charge in [0, 0.05) is 6.54 Å². The summed E-state index contributed by atoms with van der Waals surface area (Å²) in [6.45, 7) is 7.45. The van der Waals surface area contributed by atoms with Crippen molar-refractivity contribution in [1.82, 2.24) is 15.0 Å². The molecule has 1 aliphatic carbocycles. The Kier molecular flexibility index (Phi) is 4.05. The third-order valence-electron chi connectivity index (χ3n) is 4.24.